The van der Waals surface area contributed by atoms with E-state index < -0.39 is 0 Å². The summed E-state index contributed by atoms with van der Waals surface area (Å²) in [5, 5.41) is 4.60. The third-order valence-corrected chi connectivity index (χ3v) is 8.13. The highest BCUT2D eigenvalue weighted by Gasteiger charge is 2.40. The Balaban J connectivity index is 1.74. The van der Waals surface area contributed by atoms with E-state index in [1.165, 1.54) is 0 Å². The zero-order chi connectivity index (χ0) is 26.5. The smallest absolute Gasteiger partial charge is 0.249 e. The van der Waals surface area contributed by atoms with Crippen LogP contribution in [0.3, 0.4) is 0 Å². The Morgan fingerprint density at radius 2 is 2.11 bits per heavy atom. The molecule has 1 N–H and O–H groups in total. The number of anilines is 1. The normalized spacial score (nSPS) is 21.1. The number of fused-ring (bicyclic) bond motifs is 1. The first kappa shape index (κ1) is 26.9. The molecule has 0 aliphatic carbocycles. The second-order valence-electron chi connectivity index (χ2n) is 9.52. The third-order valence-electron chi connectivity index (χ3n) is 7.19. The van der Waals surface area contributed by atoms with Crippen LogP contribution in [0.2, 0.25) is 0 Å². The van der Waals surface area contributed by atoms with Crippen molar-refractivity contribution in [2.24, 2.45) is 4.99 Å². The van der Waals surface area contributed by atoms with Crippen molar-refractivity contribution >= 4 is 28.8 Å². The molecule has 37 heavy (non-hydrogen) atoms. The molecule has 0 spiro atoms. The lowest BCUT2D eigenvalue weighted by atomic mass is 10.0. The van der Waals surface area contributed by atoms with Crippen LogP contribution in [-0.2, 0) is 4.79 Å². The number of aliphatic imine (C=N–C) groups is 1. The number of ether oxygens (including phenoxy) is 1. The number of thiazole rings is 1. The predicted molar refractivity (Wildman–Crippen MR) is 153 cm³/mol. The molecule has 4 rings (SSSR count). The first-order valence-corrected chi connectivity index (χ1v) is 14.1. The van der Waals surface area contributed by atoms with Crippen molar-refractivity contribution in [1.82, 2.24) is 14.8 Å². The highest BCUT2D eigenvalue weighted by Crippen LogP contribution is 2.36. The molecule has 1 aromatic carbocycles. The Morgan fingerprint density at radius 3 is 2.76 bits per heavy atom. The van der Waals surface area contributed by atoms with Crippen molar-refractivity contribution in [2.45, 2.75) is 72.8 Å². The lowest BCUT2D eigenvalue weighted by Crippen LogP contribution is -2.58. The second-order valence-corrected chi connectivity index (χ2v) is 10.8. The van der Waals surface area contributed by atoms with E-state index in [-0.39, 0.29) is 11.9 Å². The molecule has 1 unspecified atom stereocenters. The number of allylic oxidation sites excluding steroid dienone is 2. The number of hydrogen-bond acceptors (Lipinski definition) is 6. The van der Waals surface area contributed by atoms with Crippen molar-refractivity contribution in [1.29, 1.82) is 0 Å². The second kappa shape index (κ2) is 11.9. The largest absolute Gasteiger partial charge is 0.496 e. The summed E-state index contributed by atoms with van der Waals surface area (Å²) < 4.78 is 5.75. The van der Waals surface area contributed by atoms with Gasteiger partial charge in [-0.3, -0.25) is 4.79 Å². The lowest BCUT2D eigenvalue weighted by molar-refractivity contribution is -0.134. The van der Waals surface area contributed by atoms with Crippen molar-refractivity contribution in [2.75, 3.05) is 25.5 Å². The quantitative estimate of drug-likeness (QED) is 0.445. The van der Waals surface area contributed by atoms with Gasteiger partial charge in [0.2, 0.25) is 5.91 Å². The predicted octanol–water partition coefficient (Wildman–Crippen LogP) is 6.59. The number of piperazine rings is 1. The van der Waals surface area contributed by atoms with E-state index in [0.29, 0.717) is 6.54 Å². The molecule has 2 aromatic rings. The van der Waals surface area contributed by atoms with Crippen LogP contribution < -0.4 is 10.1 Å². The highest BCUT2D eigenvalue weighted by molar-refractivity contribution is 7.15. The van der Waals surface area contributed by atoms with E-state index in [9.17, 15) is 4.79 Å². The molecule has 0 radical (unpaired) electrons. The number of rotatable bonds is 7. The number of methoxy groups -OCH3 is 1. The van der Waals surface area contributed by atoms with Gasteiger partial charge in [0.25, 0.3) is 0 Å². The number of aryl methyl sites for hydroxylation is 1. The molecule has 0 saturated carbocycles. The molecule has 8 heteroatoms. The van der Waals surface area contributed by atoms with Crippen LogP contribution in [0.5, 0.6) is 5.75 Å². The summed E-state index contributed by atoms with van der Waals surface area (Å²) >= 11 is 1.65. The van der Waals surface area contributed by atoms with Gasteiger partial charge in [-0.05, 0) is 64.7 Å². The van der Waals surface area contributed by atoms with E-state index in [2.05, 4.69) is 41.2 Å². The Bertz CT molecular complexity index is 1230. The monoisotopic (exact) mass is 521 g/mol. The van der Waals surface area contributed by atoms with Crippen LogP contribution in [0.25, 0.3) is 10.4 Å². The van der Waals surface area contributed by atoms with E-state index in [1.807, 2.05) is 44.0 Å². The fraction of sp³-hybridized carbons (Fsp3) is 0.483. The van der Waals surface area contributed by atoms with Crippen LogP contribution in [0.1, 0.15) is 64.8 Å². The van der Waals surface area contributed by atoms with E-state index in [0.717, 1.165) is 88.5 Å². The molecular formula is C29H39N5O2S. The summed E-state index contributed by atoms with van der Waals surface area (Å²) in [4.78, 5) is 28.3. The summed E-state index contributed by atoms with van der Waals surface area (Å²) in [7, 11) is 1.70. The van der Waals surface area contributed by atoms with Crippen molar-refractivity contribution in [3.63, 3.8) is 0 Å². The zero-order valence-corrected chi connectivity index (χ0v) is 23.7. The molecule has 1 amide bonds. The number of hydrogen-bond donors (Lipinski definition) is 1. The maximum Gasteiger partial charge on any atom is 0.249 e. The third kappa shape index (κ3) is 5.59. The van der Waals surface area contributed by atoms with Crippen LogP contribution in [0.4, 0.5) is 5.69 Å². The number of amidine groups is 1. The highest BCUT2D eigenvalue weighted by atomic mass is 32.1. The minimum Gasteiger partial charge on any atom is -0.496 e. The minimum atomic E-state index is -0.143. The van der Waals surface area contributed by atoms with Gasteiger partial charge in [-0.25, -0.2) is 9.98 Å². The van der Waals surface area contributed by atoms with E-state index >= 15 is 0 Å². The van der Waals surface area contributed by atoms with Crippen molar-refractivity contribution in [3.05, 3.63) is 52.6 Å². The molecule has 2 aliphatic heterocycles. The minimum absolute atomic E-state index is 0.143. The van der Waals surface area contributed by atoms with Crippen LogP contribution >= 0.6 is 11.3 Å². The summed E-state index contributed by atoms with van der Waals surface area (Å²) in [5.74, 6) is 2.68. The summed E-state index contributed by atoms with van der Waals surface area (Å²) in [6, 6.07) is 6.00. The SMILES string of the molecule is C\C=C1/C(=N\C(Nc2ccc(-c3cnc(C)s3)c(OC)c2)=C(/C)CC)N2CCCCCC2C(=O)N1CC. The number of likely N-dealkylation sites (N-methyl/N-ethyl adjacent to an activating group) is 1. The first-order valence-electron chi connectivity index (χ1n) is 13.3. The van der Waals surface area contributed by atoms with Gasteiger partial charge in [-0.1, -0.05) is 25.8 Å². The average molecular weight is 522 g/mol. The molecule has 2 saturated heterocycles. The topological polar surface area (TPSA) is 70.1 Å². The van der Waals surface area contributed by atoms with Gasteiger partial charge < -0.3 is 19.9 Å². The van der Waals surface area contributed by atoms with Crippen LogP contribution in [0.15, 0.2) is 52.6 Å². The number of amides is 1. The molecule has 198 valence electrons. The van der Waals surface area contributed by atoms with Gasteiger partial charge in [-0.15, -0.1) is 11.3 Å². The van der Waals surface area contributed by atoms with Gasteiger partial charge in [0, 0.05) is 36.6 Å². The maximum atomic E-state index is 13.4. The fourth-order valence-corrected chi connectivity index (χ4v) is 5.82. The molecule has 3 heterocycles. The zero-order valence-electron chi connectivity index (χ0n) is 22.9. The van der Waals surface area contributed by atoms with Crippen LogP contribution in [-0.4, -0.2) is 52.8 Å². The Morgan fingerprint density at radius 1 is 1.30 bits per heavy atom. The van der Waals surface area contributed by atoms with E-state index in [4.69, 9.17) is 9.73 Å². The lowest BCUT2D eigenvalue weighted by Gasteiger charge is -2.43. The standard InChI is InChI=1S/C29H39N5O2S/c1-7-19(4)27(31-21-14-15-22(25(17-21)36-6)26-18-30-20(5)37-26)32-28-23(8-2)33(9-3)29(35)24-13-11-10-12-16-34(24)28/h8,14-15,17-18,24,31H,7,9-13,16H2,1-6H3/b23-8+,27-19+,32-28+. The number of carbonyl (C=O) groups is 1. The number of carbonyl (C=O) groups excluding carboxylic acids is 1. The molecule has 2 aliphatic rings. The molecule has 2 fully saturated rings. The van der Waals surface area contributed by atoms with Gasteiger partial charge in [0.05, 0.1) is 22.7 Å². The number of benzene rings is 1. The van der Waals surface area contributed by atoms with Crippen LogP contribution in [0, 0.1) is 6.92 Å². The number of aromatic nitrogens is 1. The summed E-state index contributed by atoms with van der Waals surface area (Å²) in [6.07, 6.45) is 8.94. The van der Waals surface area contributed by atoms with E-state index in [1.54, 1.807) is 18.4 Å². The maximum absolute atomic E-state index is 13.4. The van der Waals surface area contributed by atoms with Gasteiger partial charge in [-0.2, -0.15) is 0 Å². The van der Waals surface area contributed by atoms with Crippen molar-refractivity contribution in [3.8, 4) is 16.2 Å². The van der Waals surface area contributed by atoms with Gasteiger partial charge >= 0.3 is 0 Å². The number of nitrogens with one attached hydrogen (secondary N) is 1. The first-order chi connectivity index (χ1) is 17.9. The fourth-order valence-electron chi connectivity index (χ4n) is 5.02. The average Bonchev–Trinajstić information content (AvgIpc) is 3.19. The summed E-state index contributed by atoms with van der Waals surface area (Å²) in [6.45, 7) is 11.8. The molecule has 1 atom stereocenters. The van der Waals surface area contributed by atoms with Gasteiger partial charge in [0.15, 0.2) is 5.84 Å². The summed E-state index contributed by atoms with van der Waals surface area (Å²) in [5.41, 5.74) is 3.97. The molecule has 0 bridgehead atoms. The molecule has 7 nitrogen and oxygen atoms in total. The molecule has 1 aromatic heterocycles. The Kier molecular flexibility index (Phi) is 8.69. The number of nitrogens with zero attached hydrogens (tertiary/aromatic N) is 4. The Labute approximate surface area is 224 Å². The van der Waals surface area contributed by atoms with Gasteiger partial charge in [0.1, 0.15) is 17.6 Å². The Hall–Kier alpha value is -3.13. The molecular weight excluding hydrogens is 482 g/mol. The van der Waals surface area contributed by atoms with Crippen molar-refractivity contribution < 1.29 is 9.53 Å².